The van der Waals surface area contributed by atoms with Crippen molar-refractivity contribution in [1.82, 2.24) is 10.2 Å². The van der Waals surface area contributed by atoms with Gasteiger partial charge in [-0.3, -0.25) is 13.9 Å². The van der Waals surface area contributed by atoms with Crippen LogP contribution >= 0.6 is 11.6 Å². The quantitative estimate of drug-likeness (QED) is 0.208. The van der Waals surface area contributed by atoms with Gasteiger partial charge in [-0.25, -0.2) is 8.42 Å². The number of aryl methyl sites for hydroxylation is 1. The predicted octanol–water partition coefficient (Wildman–Crippen LogP) is 6.40. The van der Waals surface area contributed by atoms with Crippen LogP contribution in [0, 0.1) is 6.92 Å². The maximum atomic E-state index is 14.5. The molecule has 4 rings (SSSR count). The number of hydrogen-bond acceptors (Lipinski definition) is 4. The summed E-state index contributed by atoms with van der Waals surface area (Å²) in [5.74, 6) is -0.850. The molecule has 0 aliphatic carbocycles. The Balaban J connectivity index is 1.81. The van der Waals surface area contributed by atoms with Crippen molar-refractivity contribution in [3.63, 3.8) is 0 Å². The van der Waals surface area contributed by atoms with Gasteiger partial charge in [0.15, 0.2) is 0 Å². The lowest BCUT2D eigenvalue weighted by molar-refractivity contribution is -0.140. The number of halogens is 1. The fraction of sp³-hybridized carbons (Fsp3) is 0.257. The highest BCUT2D eigenvalue weighted by Gasteiger charge is 2.35. The first-order valence-corrected chi connectivity index (χ1v) is 16.2. The summed E-state index contributed by atoms with van der Waals surface area (Å²) in [5.41, 5.74) is 2.42. The monoisotopic (exact) mass is 631 g/mol. The van der Waals surface area contributed by atoms with Crippen molar-refractivity contribution in [1.29, 1.82) is 0 Å². The normalized spacial score (nSPS) is 12.3. The molecule has 0 heterocycles. The van der Waals surface area contributed by atoms with Crippen LogP contribution in [0.25, 0.3) is 0 Å². The number of amides is 2. The summed E-state index contributed by atoms with van der Waals surface area (Å²) in [7, 11) is -4.17. The zero-order chi connectivity index (χ0) is 31.9. The third-order valence-electron chi connectivity index (χ3n) is 6.93. The van der Waals surface area contributed by atoms with E-state index >= 15 is 0 Å². The Bertz CT molecular complexity index is 1670. The molecule has 0 saturated heterocycles. The molecule has 0 radical (unpaired) electrons. The molecule has 0 aromatic heterocycles. The highest BCUT2D eigenvalue weighted by molar-refractivity contribution is 7.92. The minimum absolute atomic E-state index is 0.0410. The minimum atomic E-state index is -4.17. The molecule has 44 heavy (non-hydrogen) atoms. The molecule has 0 bridgehead atoms. The summed E-state index contributed by atoms with van der Waals surface area (Å²) >= 11 is 6.13. The third kappa shape index (κ3) is 8.71. The summed E-state index contributed by atoms with van der Waals surface area (Å²) in [5, 5.41) is 3.47. The van der Waals surface area contributed by atoms with Gasteiger partial charge in [-0.05, 0) is 75.2 Å². The van der Waals surface area contributed by atoms with Crippen LogP contribution in [0.3, 0.4) is 0 Å². The van der Waals surface area contributed by atoms with Gasteiger partial charge < -0.3 is 10.2 Å². The van der Waals surface area contributed by atoms with Crippen molar-refractivity contribution in [2.75, 3.05) is 10.8 Å². The smallest absolute Gasteiger partial charge is 0.264 e. The van der Waals surface area contributed by atoms with E-state index in [2.05, 4.69) is 5.32 Å². The van der Waals surface area contributed by atoms with Gasteiger partial charge in [0.1, 0.15) is 12.6 Å². The summed E-state index contributed by atoms with van der Waals surface area (Å²) in [6.45, 7) is 7.18. The molecule has 0 aliphatic heterocycles. The van der Waals surface area contributed by atoms with Crippen LogP contribution in [0.15, 0.2) is 114 Å². The van der Waals surface area contributed by atoms with Gasteiger partial charge in [-0.2, -0.15) is 0 Å². The number of sulfonamides is 1. The molecule has 0 unspecified atom stereocenters. The number of anilines is 1. The van der Waals surface area contributed by atoms with E-state index in [1.165, 1.54) is 17.0 Å². The molecular weight excluding hydrogens is 594 g/mol. The largest absolute Gasteiger partial charge is 0.350 e. The highest BCUT2D eigenvalue weighted by atomic mass is 35.5. The van der Waals surface area contributed by atoms with E-state index in [9.17, 15) is 18.0 Å². The highest BCUT2D eigenvalue weighted by Crippen LogP contribution is 2.26. The standard InChI is InChI=1S/C35H38ClN3O4S/c1-26-12-11-15-28(22-26)24-38(32(34(41)37-35(2,3)4)23-27-13-7-5-8-14-27)33(40)25-39(30-20-18-29(36)19-21-30)44(42,43)31-16-9-6-10-17-31/h5-22,32H,23-25H2,1-4H3,(H,37,41)/t32-/m1/s1. The van der Waals surface area contributed by atoms with Crippen molar-refractivity contribution in [2.24, 2.45) is 0 Å². The Kier molecular flexibility index (Phi) is 10.5. The molecule has 9 heteroatoms. The Labute approximate surface area is 265 Å². The number of benzene rings is 4. The Hall–Kier alpha value is -4.14. The second-order valence-corrected chi connectivity index (χ2v) is 14.1. The topological polar surface area (TPSA) is 86.8 Å². The van der Waals surface area contributed by atoms with E-state index in [0.717, 1.165) is 21.0 Å². The zero-order valence-electron chi connectivity index (χ0n) is 25.4. The molecule has 7 nitrogen and oxygen atoms in total. The first-order chi connectivity index (χ1) is 20.8. The van der Waals surface area contributed by atoms with Crippen LogP contribution in [-0.2, 0) is 32.6 Å². The molecule has 4 aromatic rings. The number of carbonyl (C=O) groups excluding carboxylic acids is 2. The second-order valence-electron chi connectivity index (χ2n) is 11.8. The van der Waals surface area contributed by atoms with Gasteiger partial charge in [0.25, 0.3) is 10.0 Å². The van der Waals surface area contributed by atoms with Gasteiger partial charge in [0.05, 0.1) is 10.6 Å². The van der Waals surface area contributed by atoms with Crippen LogP contribution in [0.2, 0.25) is 5.02 Å². The molecule has 0 saturated carbocycles. The predicted molar refractivity (Wildman–Crippen MR) is 176 cm³/mol. The van der Waals surface area contributed by atoms with Crippen LogP contribution < -0.4 is 9.62 Å². The van der Waals surface area contributed by atoms with Crippen LogP contribution in [0.5, 0.6) is 0 Å². The van der Waals surface area contributed by atoms with Gasteiger partial charge in [0, 0.05) is 23.5 Å². The van der Waals surface area contributed by atoms with E-state index in [4.69, 9.17) is 11.6 Å². The molecule has 1 atom stereocenters. The van der Waals surface area contributed by atoms with Crippen molar-refractivity contribution in [3.05, 3.63) is 131 Å². The van der Waals surface area contributed by atoms with E-state index in [1.807, 2.05) is 82.3 Å². The average molecular weight is 632 g/mol. The Morgan fingerprint density at radius 2 is 1.41 bits per heavy atom. The number of nitrogens with one attached hydrogen (secondary N) is 1. The lowest BCUT2D eigenvalue weighted by Gasteiger charge is -2.35. The molecule has 0 fully saturated rings. The summed E-state index contributed by atoms with van der Waals surface area (Å²) in [4.78, 5) is 29.9. The number of hydrogen-bond donors (Lipinski definition) is 1. The van der Waals surface area contributed by atoms with E-state index < -0.39 is 34.1 Å². The first-order valence-electron chi connectivity index (χ1n) is 14.4. The summed E-state index contributed by atoms with van der Waals surface area (Å²) in [6.07, 6.45) is 0.243. The van der Waals surface area contributed by atoms with Gasteiger partial charge in [0.2, 0.25) is 11.8 Å². The molecule has 1 N–H and O–H groups in total. The van der Waals surface area contributed by atoms with Gasteiger partial charge >= 0.3 is 0 Å². The SMILES string of the molecule is Cc1cccc(CN(C(=O)CN(c2ccc(Cl)cc2)S(=O)(=O)c2ccccc2)[C@H](Cc2ccccc2)C(=O)NC(C)(C)C)c1. The summed E-state index contributed by atoms with van der Waals surface area (Å²) < 4.78 is 29.1. The first kappa shape index (κ1) is 32.8. The minimum Gasteiger partial charge on any atom is -0.350 e. The van der Waals surface area contributed by atoms with Crippen LogP contribution in [-0.4, -0.2) is 43.3 Å². The van der Waals surface area contributed by atoms with E-state index in [-0.39, 0.29) is 29.5 Å². The zero-order valence-corrected chi connectivity index (χ0v) is 27.0. The van der Waals surface area contributed by atoms with Crippen LogP contribution in [0.4, 0.5) is 5.69 Å². The Morgan fingerprint density at radius 3 is 2.00 bits per heavy atom. The molecular formula is C35H38ClN3O4S. The molecule has 0 spiro atoms. The maximum absolute atomic E-state index is 14.5. The van der Waals surface area contributed by atoms with Crippen molar-refractivity contribution in [2.45, 2.75) is 57.1 Å². The second kappa shape index (κ2) is 14.1. The van der Waals surface area contributed by atoms with Gasteiger partial charge in [-0.1, -0.05) is 90.0 Å². The lowest BCUT2D eigenvalue weighted by Crippen LogP contribution is -2.56. The number of rotatable bonds is 11. The van der Waals surface area contributed by atoms with Crippen molar-refractivity contribution < 1.29 is 18.0 Å². The maximum Gasteiger partial charge on any atom is 0.264 e. The number of nitrogens with zero attached hydrogens (tertiary/aromatic N) is 2. The Morgan fingerprint density at radius 1 is 0.818 bits per heavy atom. The van der Waals surface area contributed by atoms with Crippen molar-refractivity contribution >= 4 is 39.1 Å². The fourth-order valence-electron chi connectivity index (χ4n) is 4.87. The molecule has 2 amide bonds. The molecule has 4 aromatic carbocycles. The fourth-order valence-corrected chi connectivity index (χ4v) is 6.43. The molecule has 0 aliphatic rings. The third-order valence-corrected chi connectivity index (χ3v) is 8.97. The molecule has 230 valence electrons. The van der Waals surface area contributed by atoms with Crippen molar-refractivity contribution in [3.8, 4) is 0 Å². The number of carbonyl (C=O) groups is 2. The summed E-state index contributed by atoms with van der Waals surface area (Å²) in [6, 6.07) is 30.5. The van der Waals surface area contributed by atoms with E-state index in [0.29, 0.717) is 5.02 Å². The van der Waals surface area contributed by atoms with Gasteiger partial charge in [-0.15, -0.1) is 0 Å². The van der Waals surface area contributed by atoms with Crippen LogP contribution in [0.1, 0.15) is 37.5 Å². The lowest BCUT2D eigenvalue weighted by atomic mass is 10.0. The van der Waals surface area contributed by atoms with E-state index in [1.54, 1.807) is 42.5 Å². The average Bonchev–Trinajstić information content (AvgIpc) is 2.98.